The van der Waals surface area contributed by atoms with E-state index in [1.807, 2.05) is 7.05 Å². The first-order valence-corrected chi connectivity index (χ1v) is 7.62. The lowest BCUT2D eigenvalue weighted by atomic mass is 10.1. The van der Waals surface area contributed by atoms with Crippen molar-refractivity contribution in [1.82, 2.24) is 15.5 Å². The molecule has 0 heterocycles. The highest BCUT2D eigenvalue weighted by atomic mass is 127. The molecule has 1 aromatic rings. The summed E-state index contributed by atoms with van der Waals surface area (Å²) in [5, 5.41) is 6.77. The van der Waals surface area contributed by atoms with Crippen LogP contribution in [0.2, 0.25) is 0 Å². The number of hydrogen-bond donors (Lipinski definition) is 2. The molecule has 5 heteroatoms. The summed E-state index contributed by atoms with van der Waals surface area (Å²) in [4.78, 5) is 6.44. The van der Waals surface area contributed by atoms with Gasteiger partial charge in [-0.2, -0.15) is 0 Å². The molecule has 22 heavy (non-hydrogen) atoms. The summed E-state index contributed by atoms with van der Waals surface area (Å²) in [6.07, 6.45) is 0. The number of halogens is 1. The summed E-state index contributed by atoms with van der Waals surface area (Å²) >= 11 is 0. The van der Waals surface area contributed by atoms with Gasteiger partial charge in [0.25, 0.3) is 0 Å². The number of nitrogens with one attached hydrogen (secondary N) is 2. The second-order valence-corrected chi connectivity index (χ2v) is 6.16. The quantitative estimate of drug-likeness (QED) is 0.424. The molecule has 2 N–H and O–H groups in total. The van der Waals surface area contributed by atoms with E-state index in [4.69, 9.17) is 0 Å². The molecule has 0 fully saturated rings. The molecule has 1 atom stereocenters. The van der Waals surface area contributed by atoms with Gasteiger partial charge < -0.3 is 15.5 Å². The number of rotatable bonds is 6. The van der Waals surface area contributed by atoms with Crippen molar-refractivity contribution in [3.63, 3.8) is 0 Å². The second kappa shape index (κ2) is 10.8. The minimum atomic E-state index is 0. The molecule has 1 aromatic carbocycles. The number of aliphatic imine (C=N–C) groups is 1. The lowest BCUT2D eigenvalue weighted by Crippen LogP contribution is -2.43. The Kier molecular flexibility index (Phi) is 10.4. The van der Waals surface area contributed by atoms with Gasteiger partial charge in [-0.25, -0.2) is 0 Å². The highest BCUT2D eigenvalue weighted by molar-refractivity contribution is 14.0. The van der Waals surface area contributed by atoms with Gasteiger partial charge in [0.1, 0.15) is 0 Å². The number of guanidine groups is 1. The maximum atomic E-state index is 4.27. The molecular weight excluding hydrogens is 387 g/mol. The van der Waals surface area contributed by atoms with Gasteiger partial charge in [-0.3, -0.25) is 4.99 Å². The Labute approximate surface area is 152 Å². The van der Waals surface area contributed by atoms with Gasteiger partial charge in [-0.05, 0) is 38.1 Å². The average Bonchev–Trinajstić information content (AvgIpc) is 2.44. The zero-order valence-electron chi connectivity index (χ0n) is 14.7. The Morgan fingerprint density at radius 3 is 2.09 bits per heavy atom. The van der Waals surface area contributed by atoms with Gasteiger partial charge in [0, 0.05) is 26.2 Å². The molecule has 0 aliphatic carbocycles. The van der Waals surface area contributed by atoms with Crippen molar-refractivity contribution < 1.29 is 0 Å². The van der Waals surface area contributed by atoms with Crippen molar-refractivity contribution in [3.05, 3.63) is 35.4 Å². The van der Waals surface area contributed by atoms with Crippen LogP contribution < -0.4 is 10.6 Å². The molecule has 0 aliphatic rings. The average molecular weight is 418 g/mol. The van der Waals surface area contributed by atoms with Gasteiger partial charge in [0.05, 0.1) is 0 Å². The third kappa shape index (κ3) is 7.98. The van der Waals surface area contributed by atoms with Crippen LogP contribution in [0, 0.1) is 5.92 Å². The van der Waals surface area contributed by atoms with Crippen molar-refractivity contribution >= 4 is 29.9 Å². The Morgan fingerprint density at radius 2 is 1.64 bits per heavy atom. The summed E-state index contributed by atoms with van der Waals surface area (Å²) in [6, 6.07) is 9.11. The van der Waals surface area contributed by atoms with Gasteiger partial charge in [-0.15, -0.1) is 24.0 Å². The molecule has 0 amide bonds. The van der Waals surface area contributed by atoms with Crippen LogP contribution in [0.5, 0.6) is 0 Å². The summed E-state index contributed by atoms with van der Waals surface area (Å²) < 4.78 is 0. The topological polar surface area (TPSA) is 39.7 Å². The van der Waals surface area contributed by atoms with Crippen LogP contribution in [0.25, 0.3) is 0 Å². The van der Waals surface area contributed by atoms with Gasteiger partial charge in [-0.1, -0.05) is 38.1 Å². The van der Waals surface area contributed by atoms with E-state index in [1.165, 1.54) is 11.1 Å². The number of hydrogen-bond acceptors (Lipinski definition) is 2. The maximum absolute atomic E-state index is 4.27. The van der Waals surface area contributed by atoms with E-state index in [0.29, 0.717) is 12.0 Å². The highest BCUT2D eigenvalue weighted by Gasteiger charge is 2.08. The van der Waals surface area contributed by atoms with E-state index in [0.717, 1.165) is 19.0 Å². The first-order valence-electron chi connectivity index (χ1n) is 7.62. The predicted molar refractivity (Wildman–Crippen MR) is 107 cm³/mol. The van der Waals surface area contributed by atoms with Gasteiger partial charge >= 0.3 is 0 Å². The molecule has 1 rings (SSSR count). The predicted octanol–water partition coefficient (Wildman–Crippen LogP) is 3.08. The number of benzene rings is 1. The smallest absolute Gasteiger partial charge is 0.191 e. The van der Waals surface area contributed by atoms with Crippen LogP contribution in [0.15, 0.2) is 29.3 Å². The molecule has 0 spiro atoms. The highest BCUT2D eigenvalue weighted by Crippen LogP contribution is 2.06. The maximum Gasteiger partial charge on any atom is 0.191 e. The molecule has 0 aromatic heterocycles. The van der Waals surface area contributed by atoms with Crippen LogP contribution in [-0.2, 0) is 13.1 Å². The monoisotopic (exact) mass is 418 g/mol. The molecule has 126 valence electrons. The SMILES string of the molecule is CN=C(NCc1ccc(CN(C)C)cc1)NC(C)C(C)C.I. The fourth-order valence-electron chi connectivity index (χ4n) is 1.89. The third-order valence-electron chi connectivity index (χ3n) is 3.57. The normalized spacial score (nSPS) is 13.0. The summed E-state index contributed by atoms with van der Waals surface area (Å²) in [7, 11) is 5.98. The summed E-state index contributed by atoms with van der Waals surface area (Å²) in [5.74, 6) is 1.43. The van der Waals surface area contributed by atoms with Crippen molar-refractivity contribution in [1.29, 1.82) is 0 Å². The summed E-state index contributed by atoms with van der Waals surface area (Å²) in [6.45, 7) is 8.34. The van der Waals surface area contributed by atoms with Gasteiger partial charge in [0.2, 0.25) is 0 Å². The minimum Gasteiger partial charge on any atom is -0.354 e. The van der Waals surface area contributed by atoms with E-state index >= 15 is 0 Å². The lowest BCUT2D eigenvalue weighted by molar-refractivity contribution is 0.402. The first-order chi connectivity index (χ1) is 9.92. The van der Waals surface area contributed by atoms with E-state index in [2.05, 4.69) is 79.7 Å². The van der Waals surface area contributed by atoms with Crippen molar-refractivity contribution in [2.45, 2.75) is 39.9 Å². The second-order valence-electron chi connectivity index (χ2n) is 6.16. The van der Waals surface area contributed by atoms with Crippen LogP contribution in [0.4, 0.5) is 0 Å². The van der Waals surface area contributed by atoms with Crippen LogP contribution in [0.1, 0.15) is 31.9 Å². The largest absolute Gasteiger partial charge is 0.354 e. The molecule has 0 bridgehead atoms. The number of nitrogens with zero attached hydrogens (tertiary/aromatic N) is 2. The van der Waals surface area contributed by atoms with Gasteiger partial charge in [0.15, 0.2) is 5.96 Å². The molecule has 1 unspecified atom stereocenters. The third-order valence-corrected chi connectivity index (χ3v) is 3.57. The Morgan fingerprint density at radius 1 is 1.09 bits per heavy atom. The molecule has 4 nitrogen and oxygen atoms in total. The first kappa shape index (κ1) is 21.2. The Bertz CT molecular complexity index is 440. The lowest BCUT2D eigenvalue weighted by Gasteiger charge is -2.20. The zero-order chi connectivity index (χ0) is 15.8. The molecular formula is C17H31IN4. The molecule has 0 aliphatic heterocycles. The van der Waals surface area contributed by atoms with Crippen LogP contribution in [-0.4, -0.2) is 38.0 Å². The van der Waals surface area contributed by atoms with E-state index in [9.17, 15) is 0 Å². The fraction of sp³-hybridized carbons (Fsp3) is 0.588. The van der Waals surface area contributed by atoms with E-state index in [-0.39, 0.29) is 24.0 Å². The van der Waals surface area contributed by atoms with E-state index in [1.54, 1.807) is 0 Å². The van der Waals surface area contributed by atoms with Crippen molar-refractivity contribution in [3.8, 4) is 0 Å². The standard InChI is InChI=1S/C17H30N4.HI/c1-13(2)14(3)20-17(18-4)19-11-15-7-9-16(10-8-15)12-21(5)6;/h7-10,13-14H,11-12H2,1-6H3,(H2,18,19,20);1H. The van der Waals surface area contributed by atoms with E-state index < -0.39 is 0 Å². The van der Waals surface area contributed by atoms with Crippen LogP contribution >= 0.6 is 24.0 Å². The van der Waals surface area contributed by atoms with Crippen LogP contribution in [0.3, 0.4) is 0 Å². The Hall–Kier alpha value is -0.820. The summed E-state index contributed by atoms with van der Waals surface area (Å²) in [5.41, 5.74) is 2.59. The van der Waals surface area contributed by atoms with Crippen molar-refractivity contribution in [2.24, 2.45) is 10.9 Å². The molecule has 0 saturated carbocycles. The zero-order valence-corrected chi connectivity index (χ0v) is 17.0. The molecule has 0 radical (unpaired) electrons. The molecule has 0 saturated heterocycles. The Balaban J connectivity index is 0.00000441. The van der Waals surface area contributed by atoms with Crippen molar-refractivity contribution in [2.75, 3.05) is 21.1 Å². The fourth-order valence-corrected chi connectivity index (χ4v) is 1.89. The minimum absolute atomic E-state index is 0.